The Morgan fingerprint density at radius 2 is 1.94 bits per heavy atom. The third-order valence-electron chi connectivity index (χ3n) is 1.99. The number of hydrogen-bond donors (Lipinski definition) is 2. The predicted octanol–water partition coefficient (Wildman–Crippen LogP) is 0.761. The molecule has 0 fully saturated rings. The number of hydrogen-bond acceptors (Lipinski definition) is 3. The van der Waals surface area contributed by atoms with Crippen molar-refractivity contribution in [2.45, 2.75) is 13.0 Å². The maximum atomic E-state index is 11.5. The normalized spacial score (nSPS) is 11.2. The minimum atomic E-state index is -1.10. The fraction of sp³-hybridized carbons (Fsp3) is 0.182. The molecule has 82 valence electrons. The number of nitrogens with one attached hydrogen (secondary N) is 1. The molecule has 1 rings (SSSR count). The first kappa shape index (κ1) is 11.7. The highest BCUT2D eigenvalue weighted by molar-refractivity contribution is 5.96. The van der Waals surface area contributed by atoms with E-state index in [4.69, 9.17) is 10.4 Å². The van der Waals surface area contributed by atoms with Crippen molar-refractivity contribution in [2.75, 3.05) is 0 Å². The van der Waals surface area contributed by atoms with Crippen LogP contribution in [0.2, 0.25) is 0 Å². The van der Waals surface area contributed by atoms with Crippen LogP contribution in [-0.2, 0) is 4.79 Å². The summed E-state index contributed by atoms with van der Waals surface area (Å²) in [5, 5.41) is 19.5. The second-order valence-corrected chi connectivity index (χ2v) is 3.22. The van der Waals surface area contributed by atoms with Gasteiger partial charge in [0.25, 0.3) is 5.91 Å². The smallest absolute Gasteiger partial charge is 0.325 e. The van der Waals surface area contributed by atoms with Crippen LogP contribution in [0.4, 0.5) is 0 Å². The molecule has 0 aliphatic carbocycles. The summed E-state index contributed by atoms with van der Waals surface area (Å²) in [6, 6.07) is 6.93. The van der Waals surface area contributed by atoms with Crippen molar-refractivity contribution in [3.8, 4) is 6.07 Å². The molecule has 0 unspecified atom stereocenters. The number of benzene rings is 1. The van der Waals surface area contributed by atoms with Crippen molar-refractivity contribution >= 4 is 11.9 Å². The number of rotatable bonds is 3. The fourth-order valence-corrected chi connectivity index (χ4v) is 1.04. The zero-order valence-corrected chi connectivity index (χ0v) is 8.60. The number of aliphatic carboxylic acids is 1. The highest BCUT2D eigenvalue weighted by Crippen LogP contribution is 2.03. The Labute approximate surface area is 92.3 Å². The van der Waals surface area contributed by atoms with E-state index in [1.165, 1.54) is 31.2 Å². The molecule has 16 heavy (non-hydrogen) atoms. The number of nitrogens with zero attached hydrogens (tertiary/aromatic N) is 1. The van der Waals surface area contributed by atoms with E-state index in [1.54, 1.807) is 0 Å². The highest BCUT2D eigenvalue weighted by Gasteiger charge is 2.14. The molecule has 0 radical (unpaired) electrons. The Bertz CT molecular complexity index is 445. The van der Waals surface area contributed by atoms with Crippen molar-refractivity contribution in [2.24, 2.45) is 0 Å². The number of carboxylic acid groups (broad SMARTS) is 1. The Morgan fingerprint density at radius 1 is 1.38 bits per heavy atom. The number of carbonyl (C=O) groups is 2. The van der Waals surface area contributed by atoms with Crippen LogP contribution in [0.1, 0.15) is 22.8 Å². The first-order chi connectivity index (χ1) is 7.54. The Kier molecular flexibility index (Phi) is 3.62. The molecule has 1 aromatic rings. The van der Waals surface area contributed by atoms with Gasteiger partial charge in [-0.1, -0.05) is 0 Å². The summed E-state index contributed by atoms with van der Waals surface area (Å²) in [6.07, 6.45) is 0. The molecule has 0 aromatic heterocycles. The molecule has 5 heteroatoms. The largest absolute Gasteiger partial charge is 0.480 e. The zero-order valence-electron chi connectivity index (χ0n) is 8.60. The van der Waals surface area contributed by atoms with Crippen molar-refractivity contribution < 1.29 is 14.7 Å². The maximum Gasteiger partial charge on any atom is 0.325 e. The summed E-state index contributed by atoms with van der Waals surface area (Å²) < 4.78 is 0. The zero-order chi connectivity index (χ0) is 12.1. The summed E-state index contributed by atoms with van der Waals surface area (Å²) in [6.45, 7) is 1.38. The van der Waals surface area contributed by atoms with Crippen molar-refractivity contribution in [1.82, 2.24) is 5.32 Å². The van der Waals surface area contributed by atoms with Gasteiger partial charge in [-0.05, 0) is 31.2 Å². The van der Waals surface area contributed by atoms with Crippen molar-refractivity contribution in [3.05, 3.63) is 35.4 Å². The SMILES string of the molecule is C[C@H](NC(=O)c1ccc(C#N)cc1)C(=O)O. The van der Waals surface area contributed by atoms with Crippen molar-refractivity contribution in [1.29, 1.82) is 5.26 Å². The van der Waals surface area contributed by atoms with E-state index in [0.29, 0.717) is 11.1 Å². The van der Waals surface area contributed by atoms with Gasteiger partial charge in [0.2, 0.25) is 0 Å². The van der Waals surface area contributed by atoms with Gasteiger partial charge in [-0.15, -0.1) is 0 Å². The average molecular weight is 218 g/mol. The van der Waals surface area contributed by atoms with E-state index in [9.17, 15) is 9.59 Å². The Balaban J connectivity index is 2.74. The molecule has 0 bridgehead atoms. The standard InChI is InChI=1S/C11H10N2O3/c1-7(11(15)16)13-10(14)9-4-2-8(6-12)3-5-9/h2-5,7H,1H3,(H,13,14)(H,15,16)/t7-/m0/s1. The van der Waals surface area contributed by atoms with E-state index in [2.05, 4.69) is 5.32 Å². The molecule has 0 saturated carbocycles. The molecule has 1 amide bonds. The second-order valence-electron chi connectivity index (χ2n) is 3.22. The van der Waals surface area contributed by atoms with Crippen LogP contribution >= 0.6 is 0 Å². The lowest BCUT2D eigenvalue weighted by molar-refractivity contribution is -0.138. The van der Waals surface area contributed by atoms with Crippen LogP contribution in [0.25, 0.3) is 0 Å². The highest BCUT2D eigenvalue weighted by atomic mass is 16.4. The quantitative estimate of drug-likeness (QED) is 0.783. The monoisotopic (exact) mass is 218 g/mol. The summed E-state index contributed by atoms with van der Waals surface area (Å²) in [5.41, 5.74) is 0.773. The molecule has 0 spiro atoms. The van der Waals surface area contributed by atoms with Gasteiger partial charge in [0.15, 0.2) is 0 Å². The van der Waals surface area contributed by atoms with Gasteiger partial charge in [0, 0.05) is 5.56 Å². The third kappa shape index (κ3) is 2.82. The maximum absolute atomic E-state index is 11.5. The second kappa shape index (κ2) is 4.94. The summed E-state index contributed by atoms with van der Waals surface area (Å²) >= 11 is 0. The lowest BCUT2D eigenvalue weighted by atomic mass is 10.1. The summed E-state index contributed by atoms with van der Waals surface area (Å²) in [7, 11) is 0. The molecule has 1 atom stereocenters. The Hall–Kier alpha value is -2.35. The third-order valence-corrected chi connectivity index (χ3v) is 1.99. The number of carbonyl (C=O) groups excluding carboxylic acids is 1. The van der Waals surface area contributed by atoms with Gasteiger partial charge >= 0.3 is 5.97 Å². The van der Waals surface area contributed by atoms with Crippen LogP contribution in [0.15, 0.2) is 24.3 Å². The van der Waals surface area contributed by atoms with Gasteiger partial charge in [-0.3, -0.25) is 9.59 Å². The van der Waals surface area contributed by atoms with Crippen LogP contribution in [0.5, 0.6) is 0 Å². The average Bonchev–Trinajstić information content (AvgIpc) is 2.28. The minimum Gasteiger partial charge on any atom is -0.480 e. The van der Waals surface area contributed by atoms with E-state index in [0.717, 1.165) is 0 Å². The molecule has 0 heterocycles. The molecule has 5 nitrogen and oxygen atoms in total. The van der Waals surface area contributed by atoms with E-state index in [1.807, 2.05) is 6.07 Å². The predicted molar refractivity (Wildman–Crippen MR) is 55.7 cm³/mol. The van der Waals surface area contributed by atoms with Crippen LogP contribution in [0, 0.1) is 11.3 Å². The number of carboxylic acids is 1. The summed E-state index contributed by atoms with van der Waals surface area (Å²) in [4.78, 5) is 22.0. The minimum absolute atomic E-state index is 0.326. The first-order valence-electron chi connectivity index (χ1n) is 4.58. The molecule has 0 aliphatic rings. The van der Waals surface area contributed by atoms with Crippen molar-refractivity contribution in [3.63, 3.8) is 0 Å². The number of nitriles is 1. The summed E-state index contributed by atoms with van der Waals surface area (Å²) in [5.74, 6) is -1.57. The first-order valence-corrected chi connectivity index (χ1v) is 4.58. The lowest BCUT2D eigenvalue weighted by Crippen LogP contribution is -2.38. The van der Waals surface area contributed by atoms with E-state index >= 15 is 0 Å². The molecular formula is C11H10N2O3. The number of amides is 1. The molecule has 0 saturated heterocycles. The van der Waals surface area contributed by atoms with Crippen LogP contribution in [-0.4, -0.2) is 23.0 Å². The molecule has 1 aromatic carbocycles. The van der Waals surface area contributed by atoms with Gasteiger partial charge < -0.3 is 10.4 Å². The van der Waals surface area contributed by atoms with E-state index < -0.39 is 17.9 Å². The van der Waals surface area contributed by atoms with Gasteiger partial charge in [-0.25, -0.2) is 0 Å². The molecule has 0 aliphatic heterocycles. The molecule has 2 N–H and O–H groups in total. The Morgan fingerprint density at radius 3 is 2.38 bits per heavy atom. The topological polar surface area (TPSA) is 90.2 Å². The van der Waals surface area contributed by atoms with Gasteiger partial charge in [-0.2, -0.15) is 5.26 Å². The van der Waals surface area contributed by atoms with Crippen LogP contribution < -0.4 is 5.32 Å². The fourth-order valence-electron chi connectivity index (χ4n) is 1.04. The van der Waals surface area contributed by atoms with Gasteiger partial charge in [0.1, 0.15) is 6.04 Å². The van der Waals surface area contributed by atoms with Crippen LogP contribution in [0.3, 0.4) is 0 Å². The van der Waals surface area contributed by atoms with Gasteiger partial charge in [0.05, 0.1) is 11.6 Å². The van der Waals surface area contributed by atoms with E-state index in [-0.39, 0.29) is 0 Å². The molecular weight excluding hydrogens is 208 g/mol. The lowest BCUT2D eigenvalue weighted by Gasteiger charge is -2.08.